The van der Waals surface area contributed by atoms with Gasteiger partial charge in [0.25, 0.3) is 5.91 Å². The van der Waals surface area contributed by atoms with Gasteiger partial charge in [-0.1, -0.05) is 26.0 Å². The van der Waals surface area contributed by atoms with Crippen molar-refractivity contribution in [3.05, 3.63) is 59.3 Å². The van der Waals surface area contributed by atoms with Gasteiger partial charge in [-0.15, -0.1) is 0 Å². The van der Waals surface area contributed by atoms with Crippen LogP contribution in [0, 0.1) is 11.8 Å². The van der Waals surface area contributed by atoms with Crippen LogP contribution >= 0.6 is 0 Å². The molecule has 1 aromatic carbocycles. The van der Waals surface area contributed by atoms with Gasteiger partial charge in [-0.3, -0.25) is 9.59 Å². The summed E-state index contributed by atoms with van der Waals surface area (Å²) in [7, 11) is 2.99. The van der Waals surface area contributed by atoms with Crippen LogP contribution in [0.2, 0.25) is 0 Å². The minimum atomic E-state index is -0.442. The summed E-state index contributed by atoms with van der Waals surface area (Å²) >= 11 is 0. The molecule has 27 heavy (non-hydrogen) atoms. The van der Waals surface area contributed by atoms with E-state index in [1.807, 2.05) is 6.08 Å². The SMILES string of the molecule is COc1cccc(C(=O)N=C2C=CC3C(=C2)NC(=O)C=C3C(C)C)c1OC. The molecule has 1 N–H and O–H groups in total. The van der Waals surface area contributed by atoms with Crippen molar-refractivity contribution in [3.63, 3.8) is 0 Å². The maximum atomic E-state index is 12.7. The zero-order chi connectivity index (χ0) is 19.6. The number of rotatable bonds is 4. The van der Waals surface area contributed by atoms with Crippen LogP contribution in [-0.2, 0) is 4.79 Å². The summed E-state index contributed by atoms with van der Waals surface area (Å²) in [5.74, 6) is 0.459. The van der Waals surface area contributed by atoms with Crippen LogP contribution < -0.4 is 14.8 Å². The number of hydrogen-bond acceptors (Lipinski definition) is 4. The van der Waals surface area contributed by atoms with Gasteiger partial charge in [0.1, 0.15) is 0 Å². The van der Waals surface area contributed by atoms with Crippen molar-refractivity contribution >= 4 is 17.5 Å². The highest BCUT2D eigenvalue weighted by Gasteiger charge is 2.28. The summed E-state index contributed by atoms with van der Waals surface area (Å²) in [4.78, 5) is 28.8. The van der Waals surface area contributed by atoms with Crippen LogP contribution in [0.5, 0.6) is 11.5 Å². The minimum absolute atomic E-state index is 0.00288. The highest BCUT2D eigenvalue weighted by atomic mass is 16.5. The molecule has 2 aliphatic rings. The van der Waals surface area contributed by atoms with E-state index in [0.717, 1.165) is 11.3 Å². The van der Waals surface area contributed by atoms with Crippen LogP contribution in [0.4, 0.5) is 0 Å². The highest BCUT2D eigenvalue weighted by molar-refractivity contribution is 6.14. The molecule has 140 valence electrons. The molecule has 0 radical (unpaired) electrons. The Labute approximate surface area is 158 Å². The van der Waals surface area contributed by atoms with Crippen molar-refractivity contribution < 1.29 is 19.1 Å². The summed E-state index contributed by atoms with van der Waals surface area (Å²) in [6.07, 6.45) is 7.13. The number of amides is 2. The van der Waals surface area contributed by atoms with Gasteiger partial charge in [-0.05, 0) is 35.8 Å². The molecule has 1 aromatic rings. The Hall–Kier alpha value is -3.15. The lowest BCUT2D eigenvalue weighted by Gasteiger charge is -2.29. The molecule has 0 saturated carbocycles. The normalized spacial score (nSPS) is 20.0. The summed E-state index contributed by atoms with van der Waals surface area (Å²) in [5, 5.41) is 2.84. The van der Waals surface area contributed by atoms with Crippen LogP contribution in [0.1, 0.15) is 24.2 Å². The predicted molar refractivity (Wildman–Crippen MR) is 103 cm³/mol. The molecule has 1 aliphatic carbocycles. The molecule has 0 aromatic heterocycles. The number of nitrogens with zero attached hydrogens (tertiary/aromatic N) is 1. The molecule has 1 unspecified atom stereocenters. The smallest absolute Gasteiger partial charge is 0.281 e. The number of para-hydroxylation sites is 1. The van der Waals surface area contributed by atoms with Gasteiger partial charge in [0.05, 0.1) is 25.5 Å². The molecule has 1 heterocycles. The Bertz CT molecular complexity index is 907. The molecule has 6 nitrogen and oxygen atoms in total. The first-order chi connectivity index (χ1) is 12.9. The molecule has 2 amide bonds. The first kappa shape index (κ1) is 18.6. The minimum Gasteiger partial charge on any atom is -0.493 e. The zero-order valence-electron chi connectivity index (χ0n) is 15.8. The van der Waals surface area contributed by atoms with Crippen LogP contribution in [0.25, 0.3) is 0 Å². The quantitative estimate of drug-likeness (QED) is 0.888. The second kappa shape index (κ2) is 7.61. The number of benzene rings is 1. The Morgan fingerprint density at radius 1 is 1.19 bits per heavy atom. The fraction of sp³-hybridized carbons (Fsp3) is 0.286. The Kier molecular flexibility index (Phi) is 5.26. The van der Waals surface area contributed by atoms with Gasteiger partial charge < -0.3 is 14.8 Å². The van der Waals surface area contributed by atoms with E-state index in [4.69, 9.17) is 9.47 Å². The third-order valence-corrected chi connectivity index (χ3v) is 4.55. The molecule has 0 saturated heterocycles. The standard InChI is InChI=1S/C21H22N2O4/c1-12(2)16-11-19(24)23-17-10-13(8-9-14(16)17)22-21(25)15-6-5-7-18(26-3)20(15)27-4/h5-12,14H,1-4H3,(H,23,24). The summed E-state index contributed by atoms with van der Waals surface area (Å²) < 4.78 is 10.5. The lowest BCUT2D eigenvalue weighted by Crippen LogP contribution is -2.34. The first-order valence-electron chi connectivity index (χ1n) is 8.70. The first-order valence-corrected chi connectivity index (χ1v) is 8.70. The Morgan fingerprint density at radius 2 is 1.96 bits per heavy atom. The molecule has 0 spiro atoms. The third-order valence-electron chi connectivity index (χ3n) is 4.55. The van der Waals surface area contributed by atoms with Crippen molar-refractivity contribution in [1.29, 1.82) is 0 Å². The van der Waals surface area contributed by atoms with Gasteiger partial charge in [0.2, 0.25) is 5.91 Å². The highest BCUT2D eigenvalue weighted by Crippen LogP contribution is 2.33. The largest absolute Gasteiger partial charge is 0.493 e. The average Bonchev–Trinajstić information content (AvgIpc) is 2.66. The molecular weight excluding hydrogens is 344 g/mol. The van der Waals surface area contributed by atoms with Gasteiger partial charge in [-0.25, -0.2) is 4.99 Å². The average molecular weight is 366 g/mol. The number of fused-ring (bicyclic) bond motifs is 1. The van der Waals surface area contributed by atoms with Crippen molar-refractivity contribution in [2.24, 2.45) is 16.8 Å². The van der Waals surface area contributed by atoms with Crippen molar-refractivity contribution in [1.82, 2.24) is 5.32 Å². The zero-order valence-corrected chi connectivity index (χ0v) is 15.8. The van der Waals surface area contributed by atoms with Crippen LogP contribution in [0.15, 0.2) is 58.8 Å². The predicted octanol–water partition coefficient (Wildman–Crippen LogP) is 3.07. The summed E-state index contributed by atoms with van der Waals surface area (Å²) in [6.45, 7) is 4.11. The Balaban J connectivity index is 1.92. The molecule has 1 atom stereocenters. The number of ether oxygens (including phenoxy) is 2. The monoisotopic (exact) mass is 366 g/mol. The van der Waals surface area contributed by atoms with E-state index in [9.17, 15) is 9.59 Å². The second-order valence-corrected chi connectivity index (χ2v) is 6.61. The van der Waals surface area contributed by atoms with E-state index >= 15 is 0 Å². The lowest BCUT2D eigenvalue weighted by atomic mass is 9.82. The number of aliphatic imine (C=N–C) groups is 1. The van der Waals surface area contributed by atoms with Gasteiger partial charge >= 0.3 is 0 Å². The molecule has 0 bridgehead atoms. The van der Waals surface area contributed by atoms with E-state index in [-0.39, 0.29) is 17.7 Å². The van der Waals surface area contributed by atoms with E-state index in [0.29, 0.717) is 22.8 Å². The topological polar surface area (TPSA) is 77.0 Å². The fourth-order valence-corrected chi connectivity index (χ4v) is 3.25. The van der Waals surface area contributed by atoms with Crippen LogP contribution in [0.3, 0.4) is 0 Å². The van der Waals surface area contributed by atoms with Crippen molar-refractivity contribution in [3.8, 4) is 11.5 Å². The fourth-order valence-electron chi connectivity index (χ4n) is 3.25. The molecular formula is C21H22N2O4. The van der Waals surface area contributed by atoms with E-state index in [2.05, 4.69) is 24.2 Å². The van der Waals surface area contributed by atoms with Crippen molar-refractivity contribution in [2.75, 3.05) is 14.2 Å². The van der Waals surface area contributed by atoms with E-state index in [1.165, 1.54) is 14.2 Å². The maximum Gasteiger partial charge on any atom is 0.281 e. The van der Waals surface area contributed by atoms with Gasteiger partial charge in [0.15, 0.2) is 11.5 Å². The van der Waals surface area contributed by atoms with Crippen molar-refractivity contribution in [2.45, 2.75) is 13.8 Å². The molecule has 6 heteroatoms. The summed E-state index contributed by atoms with van der Waals surface area (Å²) in [6, 6.07) is 5.06. The number of allylic oxidation sites excluding steroid dienone is 3. The van der Waals surface area contributed by atoms with Crippen LogP contribution in [-0.4, -0.2) is 31.7 Å². The third kappa shape index (κ3) is 3.69. The Morgan fingerprint density at radius 3 is 2.63 bits per heavy atom. The van der Waals surface area contributed by atoms with Gasteiger partial charge in [0, 0.05) is 17.7 Å². The number of hydrogen-bond donors (Lipinski definition) is 1. The number of carbonyl (C=O) groups excluding carboxylic acids is 2. The van der Waals surface area contributed by atoms with Gasteiger partial charge in [-0.2, -0.15) is 0 Å². The van der Waals surface area contributed by atoms with E-state index in [1.54, 1.807) is 36.4 Å². The van der Waals surface area contributed by atoms with E-state index < -0.39 is 5.91 Å². The molecule has 3 rings (SSSR count). The molecule has 0 fully saturated rings. The second-order valence-electron chi connectivity index (χ2n) is 6.61. The molecule has 1 aliphatic heterocycles. The number of carbonyl (C=O) groups is 2. The number of nitrogens with one attached hydrogen (secondary N) is 1. The number of methoxy groups -OCH3 is 2. The maximum absolute atomic E-state index is 12.7. The summed E-state index contributed by atoms with van der Waals surface area (Å²) in [5.41, 5.74) is 2.56. The lowest BCUT2D eigenvalue weighted by molar-refractivity contribution is -0.116.